The maximum atomic E-state index is 12.9. The Labute approximate surface area is 175 Å². The lowest BCUT2D eigenvalue weighted by Crippen LogP contribution is -2.47. The first-order valence-corrected chi connectivity index (χ1v) is 10.7. The highest BCUT2D eigenvalue weighted by atomic mass is 32.2. The van der Waals surface area contributed by atoms with E-state index < -0.39 is 22.0 Å². The van der Waals surface area contributed by atoms with Crippen molar-refractivity contribution >= 4 is 21.6 Å². The maximum absolute atomic E-state index is 12.9. The molecule has 0 saturated heterocycles. The molecule has 30 heavy (non-hydrogen) atoms. The number of methoxy groups -OCH3 is 1. The molecule has 0 fully saturated rings. The second kappa shape index (κ2) is 9.10. The van der Waals surface area contributed by atoms with Gasteiger partial charge >= 0.3 is 0 Å². The molecule has 2 N–H and O–H groups in total. The molecule has 0 aliphatic rings. The SMILES string of the molecule is COc1ccc(S(=O)(=O)N[C@H](C(=O)Nc2cccc(-c3cnco3)c2)C(C)C)cc1. The van der Waals surface area contributed by atoms with Crippen molar-refractivity contribution in [3.63, 3.8) is 0 Å². The van der Waals surface area contributed by atoms with Crippen molar-refractivity contribution in [1.82, 2.24) is 9.71 Å². The van der Waals surface area contributed by atoms with Crippen LogP contribution < -0.4 is 14.8 Å². The average Bonchev–Trinajstić information content (AvgIpc) is 3.27. The molecule has 0 bridgehead atoms. The van der Waals surface area contributed by atoms with Crippen molar-refractivity contribution in [2.24, 2.45) is 5.92 Å². The fourth-order valence-electron chi connectivity index (χ4n) is 2.81. The minimum Gasteiger partial charge on any atom is -0.497 e. The number of carbonyl (C=O) groups is 1. The highest BCUT2D eigenvalue weighted by Crippen LogP contribution is 2.23. The first-order valence-electron chi connectivity index (χ1n) is 9.26. The van der Waals surface area contributed by atoms with Crippen molar-refractivity contribution in [3.05, 3.63) is 61.1 Å². The van der Waals surface area contributed by atoms with Gasteiger partial charge in [-0.3, -0.25) is 4.79 Å². The van der Waals surface area contributed by atoms with Gasteiger partial charge in [-0.1, -0.05) is 26.0 Å². The summed E-state index contributed by atoms with van der Waals surface area (Å²) in [5.74, 6) is 0.359. The quantitative estimate of drug-likeness (QED) is 0.568. The molecule has 8 nitrogen and oxygen atoms in total. The Morgan fingerprint density at radius 2 is 1.87 bits per heavy atom. The lowest BCUT2D eigenvalue weighted by molar-refractivity contribution is -0.118. The summed E-state index contributed by atoms with van der Waals surface area (Å²) in [6.07, 6.45) is 2.89. The zero-order valence-corrected chi connectivity index (χ0v) is 17.6. The van der Waals surface area contributed by atoms with Gasteiger partial charge in [-0.05, 0) is 42.3 Å². The van der Waals surface area contributed by atoms with E-state index in [1.165, 1.54) is 25.6 Å². The fraction of sp³-hybridized carbons (Fsp3) is 0.238. The third kappa shape index (κ3) is 5.05. The van der Waals surface area contributed by atoms with Crippen LogP contribution in [0.2, 0.25) is 0 Å². The lowest BCUT2D eigenvalue weighted by Gasteiger charge is -2.22. The highest BCUT2D eigenvalue weighted by Gasteiger charge is 2.28. The van der Waals surface area contributed by atoms with E-state index in [0.29, 0.717) is 17.2 Å². The van der Waals surface area contributed by atoms with Crippen LogP contribution in [-0.2, 0) is 14.8 Å². The van der Waals surface area contributed by atoms with Gasteiger partial charge in [0.15, 0.2) is 12.2 Å². The number of sulfonamides is 1. The third-order valence-corrected chi connectivity index (χ3v) is 5.90. The Bertz CT molecular complexity index is 1090. The van der Waals surface area contributed by atoms with Gasteiger partial charge in [0.25, 0.3) is 0 Å². The van der Waals surface area contributed by atoms with Gasteiger partial charge in [-0.2, -0.15) is 4.72 Å². The van der Waals surface area contributed by atoms with E-state index in [1.54, 1.807) is 50.4 Å². The summed E-state index contributed by atoms with van der Waals surface area (Å²) in [6, 6.07) is 12.0. The van der Waals surface area contributed by atoms with Crippen LogP contribution in [0, 0.1) is 5.92 Å². The molecule has 0 unspecified atom stereocenters. The van der Waals surface area contributed by atoms with E-state index in [4.69, 9.17) is 9.15 Å². The van der Waals surface area contributed by atoms with Crippen LogP contribution in [0.5, 0.6) is 5.75 Å². The molecule has 3 rings (SSSR count). The van der Waals surface area contributed by atoms with Gasteiger partial charge in [0, 0.05) is 11.3 Å². The summed E-state index contributed by atoms with van der Waals surface area (Å²) < 4.78 is 38.3. The summed E-state index contributed by atoms with van der Waals surface area (Å²) in [7, 11) is -2.40. The van der Waals surface area contributed by atoms with Gasteiger partial charge in [-0.15, -0.1) is 0 Å². The van der Waals surface area contributed by atoms with E-state index in [2.05, 4.69) is 15.0 Å². The predicted molar refractivity (Wildman–Crippen MR) is 113 cm³/mol. The lowest BCUT2D eigenvalue weighted by atomic mass is 10.0. The molecule has 0 saturated carbocycles. The fourth-order valence-corrected chi connectivity index (χ4v) is 4.15. The van der Waals surface area contributed by atoms with E-state index in [0.717, 1.165) is 5.56 Å². The first kappa shape index (κ1) is 21.5. The van der Waals surface area contributed by atoms with Crippen LogP contribution in [0.1, 0.15) is 13.8 Å². The van der Waals surface area contributed by atoms with Gasteiger partial charge in [0.1, 0.15) is 11.8 Å². The van der Waals surface area contributed by atoms with E-state index in [1.807, 2.05) is 6.07 Å². The van der Waals surface area contributed by atoms with Gasteiger partial charge < -0.3 is 14.5 Å². The van der Waals surface area contributed by atoms with Crippen molar-refractivity contribution in [2.45, 2.75) is 24.8 Å². The Balaban J connectivity index is 1.77. The first-order chi connectivity index (χ1) is 14.3. The van der Waals surface area contributed by atoms with Crippen LogP contribution in [0.4, 0.5) is 5.69 Å². The second-order valence-electron chi connectivity index (χ2n) is 6.95. The normalized spacial score (nSPS) is 12.5. The van der Waals surface area contributed by atoms with Crippen molar-refractivity contribution in [1.29, 1.82) is 0 Å². The maximum Gasteiger partial charge on any atom is 0.242 e. The number of benzene rings is 2. The smallest absolute Gasteiger partial charge is 0.242 e. The number of amides is 1. The predicted octanol–water partition coefficient (Wildman–Crippen LogP) is 3.29. The molecule has 1 atom stereocenters. The molecule has 2 aromatic carbocycles. The van der Waals surface area contributed by atoms with Gasteiger partial charge in [0.05, 0.1) is 18.2 Å². The van der Waals surface area contributed by atoms with Gasteiger partial charge in [-0.25, -0.2) is 13.4 Å². The monoisotopic (exact) mass is 429 g/mol. The summed E-state index contributed by atoms with van der Waals surface area (Å²) in [5, 5.41) is 2.77. The van der Waals surface area contributed by atoms with E-state index >= 15 is 0 Å². The molecule has 158 valence electrons. The largest absolute Gasteiger partial charge is 0.497 e. The zero-order chi connectivity index (χ0) is 21.7. The topological polar surface area (TPSA) is 111 Å². The minimum absolute atomic E-state index is 0.0501. The third-order valence-electron chi connectivity index (χ3n) is 4.45. The van der Waals surface area contributed by atoms with Crippen molar-refractivity contribution in [2.75, 3.05) is 12.4 Å². The van der Waals surface area contributed by atoms with Crippen molar-refractivity contribution < 1.29 is 22.4 Å². The Morgan fingerprint density at radius 3 is 2.47 bits per heavy atom. The number of nitrogens with zero attached hydrogens (tertiary/aromatic N) is 1. The molecule has 3 aromatic rings. The van der Waals surface area contributed by atoms with Crippen LogP contribution in [-0.4, -0.2) is 32.5 Å². The zero-order valence-electron chi connectivity index (χ0n) is 16.8. The van der Waals surface area contributed by atoms with E-state index in [9.17, 15) is 13.2 Å². The standard InChI is InChI=1S/C21H23N3O5S/c1-14(2)20(24-30(26,27)18-9-7-17(28-3)8-10-18)21(25)23-16-6-4-5-15(11-16)19-12-22-13-29-19/h4-14,20,24H,1-3H3,(H,23,25)/t20-/m0/s1. The molecular formula is C21H23N3O5S. The Hall–Kier alpha value is -3.17. The molecule has 1 amide bonds. The Morgan fingerprint density at radius 1 is 1.13 bits per heavy atom. The van der Waals surface area contributed by atoms with Crippen molar-refractivity contribution in [3.8, 4) is 17.1 Å². The molecule has 9 heteroatoms. The second-order valence-corrected chi connectivity index (χ2v) is 8.67. The molecule has 0 aliphatic carbocycles. The number of hydrogen-bond donors (Lipinski definition) is 2. The Kier molecular flexibility index (Phi) is 6.53. The number of carbonyl (C=O) groups excluding carboxylic acids is 1. The molecular weight excluding hydrogens is 406 g/mol. The summed E-state index contributed by atoms with van der Waals surface area (Å²) in [4.78, 5) is 16.8. The van der Waals surface area contributed by atoms with Crippen LogP contribution in [0.3, 0.4) is 0 Å². The number of aromatic nitrogens is 1. The number of rotatable bonds is 8. The molecule has 1 aromatic heterocycles. The van der Waals surface area contributed by atoms with E-state index in [-0.39, 0.29) is 10.8 Å². The van der Waals surface area contributed by atoms with Crippen LogP contribution >= 0.6 is 0 Å². The van der Waals surface area contributed by atoms with Gasteiger partial charge in [0.2, 0.25) is 15.9 Å². The summed E-state index contributed by atoms with van der Waals surface area (Å²) in [6.45, 7) is 3.54. The summed E-state index contributed by atoms with van der Waals surface area (Å²) in [5.41, 5.74) is 1.26. The summed E-state index contributed by atoms with van der Waals surface area (Å²) >= 11 is 0. The minimum atomic E-state index is -3.90. The molecule has 1 heterocycles. The number of oxazole rings is 1. The van der Waals surface area contributed by atoms with Crippen LogP contribution in [0.25, 0.3) is 11.3 Å². The molecule has 0 radical (unpaired) electrons. The molecule has 0 spiro atoms. The number of hydrogen-bond acceptors (Lipinski definition) is 6. The molecule has 0 aliphatic heterocycles. The number of nitrogens with one attached hydrogen (secondary N) is 2. The number of anilines is 1. The highest BCUT2D eigenvalue weighted by molar-refractivity contribution is 7.89. The average molecular weight is 429 g/mol. The number of ether oxygens (including phenoxy) is 1. The van der Waals surface area contributed by atoms with Crippen LogP contribution in [0.15, 0.2) is 70.4 Å².